The number of rotatable bonds is 5. The molecule has 0 fully saturated rings. The smallest absolute Gasteiger partial charge is 0.338 e. The zero-order valence-corrected chi connectivity index (χ0v) is 10.9. The van der Waals surface area contributed by atoms with Gasteiger partial charge in [-0.3, -0.25) is 4.79 Å². The molecule has 1 aromatic rings. The monoisotopic (exact) mass is 271 g/mol. The third-order valence-corrected chi connectivity index (χ3v) is 2.36. The van der Waals surface area contributed by atoms with Crippen molar-refractivity contribution in [1.82, 2.24) is 0 Å². The molecule has 0 heterocycles. The van der Waals surface area contributed by atoms with Gasteiger partial charge in [0.1, 0.15) is 6.61 Å². The molecule has 0 unspecified atom stereocenters. The molecule has 1 rings (SSSR count). The Morgan fingerprint density at radius 2 is 2.11 bits per heavy atom. The molecule has 0 bridgehead atoms. The SMILES string of the molecule is CCOC(=O)c1ccc(Cl)c(NC(=O)COC)c1. The van der Waals surface area contributed by atoms with Crippen molar-refractivity contribution in [1.29, 1.82) is 0 Å². The van der Waals surface area contributed by atoms with E-state index < -0.39 is 5.97 Å². The van der Waals surface area contributed by atoms with Crippen LogP contribution in [0.15, 0.2) is 18.2 Å². The molecular formula is C12H14ClNO4. The van der Waals surface area contributed by atoms with Crippen LogP contribution in [0, 0.1) is 0 Å². The average molecular weight is 272 g/mol. The van der Waals surface area contributed by atoms with Crippen molar-refractivity contribution in [3.8, 4) is 0 Å². The zero-order chi connectivity index (χ0) is 13.5. The van der Waals surface area contributed by atoms with Gasteiger partial charge in [-0.1, -0.05) is 11.6 Å². The Morgan fingerprint density at radius 3 is 2.72 bits per heavy atom. The first-order chi connectivity index (χ1) is 8.58. The largest absolute Gasteiger partial charge is 0.462 e. The van der Waals surface area contributed by atoms with E-state index in [0.29, 0.717) is 16.3 Å². The summed E-state index contributed by atoms with van der Waals surface area (Å²) in [5.74, 6) is -0.809. The predicted octanol–water partition coefficient (Wildman–Crippen LogP) is 2.10. The van der Waals surface area contributed by atoms with Gasteiger partial charge < -0.3 is 14.8 Å². The van der Waals surface area contributed by atoms with Gasteiger partial charge in [0.2, 0.25) is 5.91 Å². The molecule has 0 aliphatic carbocycles. The number of hydrogen-bond acceptors (Lipinski definition) is 4. The zero-order valence-electron chi connectivity index (χ0n) is 10.2. The van der Waals surface area contributed by atoms with E-state index >= 15 is 0 Å². The maximum atomic E-state index is 11.5. The van der Waals surface area contributed by atoms with E-state index in [1.807, 2.05) is 0 Å². The van der Waals surface area contributed by atoms with Crippen molar-refractivity contribution >= 4 is 29.2 Å². The summed E-state index contributed by atoms with van der Waals surface area (Å²) in [6.45, 7) is 1.92. The number of carbonyl (C=O) groups excluding carboxylic acids is 2. The fourth-order valence-corrected chi connectivity index (χ4v) is 1.44. The van der Waals surface area contributed by atoms with Crippen molar-refractivity contribution in [2.45, 2.75) is 6.92 Å². The van der Waals surface area contributed by atoms with Crippen molar-refractivity contribution in [3.05, 3.63) is 28.8 Å². The number of methoxy groups -OCH3 is 1. The molecule has 98 valence electrons. The molecule has 0 aromatic heterocycles. The van der Waals surface area contributed by atoms with E-state index in [2.05, 4.69) is 10.1 Å². The summed E-state index contributed by atoms with van der Waals surface area (Å²) < 4.78 is 9.54. The lowest BCUT2D eigenvalue weighted by Gasteiger charge is -2.08. The predicted molar refractivity (Wildman–Crippen MR) is 67.9 cm³/mol. The molecule has 0 radical (unpaired) electrons. The van der Waals surface area contributed by atoms with Gasteiger partial charge in [-0.2, -0.15) is 0 Å². The lowest BCUT2D eigenvalue weighted by atomic mass is 10.2. The second-order valence-electron chi connectivity index (χ2n) is 3.40. The highest BCUT2D eigenvalue weighted by molar-refractivity contribution is 6.33. The van der Waals surface area contributed by atoms with Crippen molar-refractivity contribution in [2.75, 3.05) is 25.6 Å². The summed E-state index contributed by atoms with van der Waals surface area (Å²) in [7, 11) is 1.41. The average Bonchev–Trinajstić information content (AvgIpc) is 2.32. The maximum Gasteiger partial charge on any atom is 0.338 e. The summed E-state index contributed by atoms with van der Waals surface area (Å²) in [6, 6.07) is 4.52. The quantitative estimate of drug-likeness (QED) is 0.833. The molecule has 18 heavy (non-hydrogen) atoms. The van der Waals surface area contributed by atoms with Crippen LogP contribution in [0.2, 0.25) is 5.02 Å². The number of esters is 1. The number of nitrogens with one attached hydrogen (secondary N) is 1. The van der Waals surface area contributed by atoms with Gasteiger partial charge >= 0.3 is 5.97 Å². The Balaban J connectivity index is 2.87. The lowest BCUT2D eigenvalue weighted by Crippen LogP contribution is -2.17. The minimum atomic E-state index is -0.462. The molecule has 6 heteroatoms. The lowest BCUT2D eigenvalue weighted by molar-refractivity contribution is -0.119. The summed E-state index contributed by atoms with van der Waals surface area (Å²) in [6.07, 6.45) is 0. The molecule has 0 atom stereocenters. The number of anilines is 1. The van der Waals surface area contributed by atoms with E-state index in [0.717, 1.165) is 0 Å². The molecule has 1 N–H and O–H groups in total. The Hall–Kier alpha value is -1.59. The van der Waals surface area contributed by atoms with Crippen molar-refractivity contribution in [2.24, 2.45) is 0 Å². The van der Waals surface area contributed by atoms with E-state index in [1.54, 1.807) is 6.92 Å². The molecule has 0 saturated carbocycles. The van der Waals surface area contributed by atoms with E-state index in [1.165, 1.54) is 25.3 Å². The minimum absolute atomic E-state index is 0.0834. The third-order valence-electron chi connectivity index (χ3n) is 2.03. The first-order valence-corrected chi connectivity index (χ1v) is 5.71. The number of ether oxygens (including phenoxy) is 2. The molecule has 0 aliphatic rings. The van der Waals surface area contributed by atoms with Crippen LogP contribution in [0.3, 0.4) is 0 Å². The highest BCUT2D eigenvalue weighted by Crippen LogP contribution is 2.23. The number of hydrogen-bond donors (Lipinski definition) is 1. The second kappa shape index (κ2) is 6.98. The van der Waals surface area contributed by atoms with Gasteiger partial charge in [-0.15, -0.1) is 0 Å². The van der Waals surface area contributed by atoms with Gasteiger partial charge in [-0.05, 0) is 25.1 Å². The molecule has 5 nitrogen and oxygen atoms in total. The van der Waals surface area contributed by atoms with Crippen LogP contribution in [-0.2, 0) is 14.3 Å². The molecule has 0 spiro atoms. The summed E-state index contributed by atoms with van der Waals surface area (Å²) in [4.78, 5) is 22.9. The van der Waals surface area contributed by atoms with E-state index in [9.17, 15) is 9.59 Å². The van der Waals surface area contributed by atoms with Crippen molar-refractivity contribution in [3.63, 3.8) is 0 Å². The number of benzene rings is 1. The fraction of sp³-hybridized carbons (Fsp3) is 0.333. The fourth-order valence-electron chi connectivity index (χ4n) is 1.28. The first-order valence-electron chi connectivity index (χ1n) is 5.34. The standard InChI is InChI=1S/C12H14ClNO4/c1-3-18-12(16)8-4-5-9(13)10(6-8)14-11(15)7-17-2/h4-6H,3,7H2,1-2H3,(H,14,15). The Labute approximate surface area is 110 Å². The van der Waals surface area contributed by atoms with E-state index in [4.69, 9.17) is 16.3 Å². The molecule has 1 aromatic carbocycles. The molecule has 1 amide bonds. The summed E-state index contributed by atoms with van der Waals surface area (Å²) in [5, 5.41) is 2.89. The number of halogens is 1. The second-order valence-corrected chi connectivity index (χ2v) is 3.80. The normalized spacial score (nSPS) is 9.94. The first kappa shape index (κ1) is 14.5. The Morgan fingerprint density at radius 1 is 1.39 bits per heavy atom. The Bertz CT molecular complexity index is 448. The van der Waals surface area contributed by atoms with Gasteiger partial charge in [0.15, 0.2) is 0 Å². The third kappa shape index (κ3) is 4.01. The van der Waals surface area contributed by atoms with Crippen LogP contribution in [0.4, 0.5) is 5.69 Å². The van der Waals surface area contributed by atoms with Crippen LogP contribution in [0.5, 0.6) is 0 Å². The topological polar surface area (TPSA) is 64.6 Å². The highest BCUT2D eigenvalue weighted by Gasteiger charge is 2.11. The van der Waals surface area contributed by atoms with Crippen LogP contribution in [-0.4, -0.2) is 32.2 Å². The highest BCUT2D eigenvalue weighted by atomic mass is 35.5. The minimum Gasteiger partial charge on any atom is -0.462 e. The number of carbonyl (C=O) groups is 2. The van der Waals surface area contributed by atoms with Gasteiger partial charge in [0.05, 0.1) is 22.9 Å². The molecule has 0 aliphatic heterocycles. The van der Waals surface area contributed by atoms with Crippen molar-refractivity contribution < 1.29 is 19.1 Å². The van der Waals surface area contributed by atoms with Gasteiger partial charge in [-0.25, -0.2) is 4.79 Å². The molecular weight excluding hydrogens is 258 g/mol. The molecule has 0 saturated heterocycles. The van der Waals surface area contributed by atoms with Gasteiger partial charge in [0, 0.05) is 7.11 Å². The van der Waals surface area contributed by atoms with E-state index in [-0.39, 0.29) is 19.1 Å². The number of amides is 1. The van der Waals surface area contributed by atoms with Crippen LogP contribution < -0.4 is 5.32 Å². The summed E-state index contributed by atoms with van der Waals surface area (Å²) >= 11 is 5.91. The van der Waals surface area contributed by atoms with Crippen LogP contribution >= 0.6 is 11.6 Å². The summed E-state index contributed by atoms with van der Waals surface area (Å²) in [5.41, 5.74) is 0.679. The Kier molecular flexibility index (Phi) is 5.61. The van der Waals surface area contributed by atoms with Gasteiger partial charge in [0.25, 0.3) is 0 Å². The van der Waals surface area contributed by atoms with Crippen LogP contribution in [0.1, 0.15) is 17.3 Å². The van der Waals surface area contributed by atoms with Crippen LogP contribution in [0.25, 0.3) is 0 Å². The maximum absolute atomic E-state index is 11.5.